The van der Waals surface area contributed by atoms with Crippen LogP contribution in [0.3, 0.4) is 0 Å². The first kappa shape index (κ1) is 12.8. The van der Waals surface area contributed by atoms with E-state index in [2.05, 4.69) is 12.2 Å². The molecule has 4 heteroatoms. The second-order valence-corrected chi connectivity index (χ2v) is 5.62. The Morgan fingerprint density at radius 3 is 2.76 bits per heavy atom. The van der Waals surface area contributed by atoms with Gasteiger partial charge in [0.2, 0.25) is 5.91 Å². The van der Waals surface area contributed by atoms with Gasteiger partial charge in [0.25, 0.3) is 0 Å². The summed E-state index contributed by atoms with van der Waals surface area (Å²) in [4.78, 5) is 11.3. The summed E-state index contributed by atoms with van der Waals surface area (Å²) >= 11 is 0. The summed E-state index contributed by atoms with van der Waals surface area (Å²) in [6, 6.07) is 0.182. The van der Waals surface area contributed by atoms with Crippen molar-refractivity contribution in [3.05, 3.63) is 0 Å². The van der Waals surface area contributed by atoms with Gasteiger partial charge in [-0.1, -0.05) is 19.8 Å². The maximum absolute atomic E-state index is 11.3. The van der Waals surface area contributed by atoms with E-state index in [-0.39, 0.29) is 11.9 Å². The number of primary amides is 1. The lowest BCUT2D eigenvalue weighted by Crippen LogP contribution is -2.46. The Hall–Kier alpha value is -0.610. The van der Waals surface area contributed by atoms with E-state index in [4.69, 9.17) is 10.5 Å². The van der Waals surface area contributed by atoms with Gasteiger partial charge in [0.05, 0.1) is 12.7 Å². The van der Waals surface area contributed by atoms with Gasteiger partial charge >= 0.3 is 0 Å². The first-order chi connectivity index (χ1) is 8.15. The van der Waals surface area contributed by atoms with Crippen LogP contribution in [0.2, 0.25) is 0 Å². The number of carbonyl (C=O) groups is 1. The van der Waals surface area contributed by atoms with Crippen molar-refractivity contribution >= 4 is 5.91 Å². The molecule has 3 unspecified atom stereocenters. The van der Waals surface area contributed by atoms with Crippen molar-refractivity contribution in [3.8, 4) is 0 Å². The predicted molar refractivity (Wildman–Crippen MR) is 66.5 cm³/mol. The van der Waals surface area contributed by atoms with Crippen LogP contribution in [0.15, 0.2) is 0 Å². The predicted octanol–water partition coefficient (Wildman–Crippen LogP) is 1.19. The molecule has 4 nitrogen and oxygen atoms in total. The molecule has 17 heavy (non-hydrogen) atoms. The molecule has 1 amide bonds. The molecule has 0 saturated heterocycles. The van der Waals surface area contributed by atoms with Gasteiger partial charge in [-0.25, -0.2) is 0 Å². The molecule has 0 aromatic heterocycles. The molecule has 0 aliphatic heterocycles. The van der Waals surface area contributed by atoms with Crippen molar-refractivity contribution in [3.63, 3.8) is 0 Å². The minimum absolute atomic E-state index is 0.291. The second-order valence-electron chi connectivity index (χ2n) is 5.62. The van der Waals surface area contributed by atoms with Gasteiger partial charge in [-0.3, -0.25) is 4.79 Å². The summed E-state index contributed by atoms with van der Waals surface area (Å²) in [6.07, 6.45) is 7.42. The largest absolute Gasteiger partial charge is 0.376 e. The van der Waals surface area contributed by atoms with Gasteiger partial charge in [0.15, 0.2) is 0 Å². The molecule has 0 heterocycles. The summed E-state index contributed by atoms with van der Waals surface area (Å²) < 4.78 is 5.84. The first-order valence-corrected chi connectivity index (χ1v) is 6.82. The topological polar surface area (TPSA) is 64.3 Å². The SMILES string of the molecule is CC1CCCC(OCC(NC2CC2)C(N)=O)C1. The first-order valence-electron chi connectivity index (χ1n) is 6.82. The standard InChI is InChI=1S/C13H24N2O2/c1-9-3-2-4-11(7-9)17-8-12(13(14)16)15-10-5-6-10/h9-12,15H,2-8H2,1H3,(H2,14,16). The van der Waals surface area contributed by atoms with Gasteiger partial charge in [0.1, 0.15) is 6.04 Å². The summed E-state index contributed by atoms with van der Waals surface area (Å²) in [6.45, 7) is 2.70. The highest BCUT2D eigenvalue weighted by Gasteiger charge is 2.28. The van der Waals surface area contributed by atoms with Gasteiger partial charge in [-0.05, 0) is 31.6 Å². The van der Waals surface area contributed by atoms with E-state index in [9.17, 15) is 4.79 Å². The van der Waals surface area contributed by atoms with Gasteiger partial charge in [0, 0.05) is 6.04 Å². The van der Waals surface area contributed by atoms with Gasteiger partial charge < -0.3 is 15.8 Å². The van der Waals surface area contributed by atoms with Crippen molar-refractivity contribution in [1.29, 1.82) is 0 Å². The molecule has 2 saturated carbocycles. The Bertz CT molecular complexity index is 266. The van der Waals surface area contributed by atoms with Gasteiger partial charge in [-0.15, -0.1) is 0 Å². The third-order valence-electron chi connectivity index (χ3n) is 3.74. The number of rotatable bonds is 6. The van der Waals surface area contributed by atoms with E-state index in [1.807, 2.05) is 0 Å². The molecule has 3 N–H and O–H groups in total. The molecule has 2 aliphatic carbocycles. The monoisotopic (exact) mass is 240 g/mol. The summed E-state index contributed by atoms with van der Waals surface area (Å²) in [7, 11) is 0. The smallest absolute Gasteiger partial charge is 0.236 e. The number of hydrogen-bond acceptors (Lipinski definition) is 3. The van der Waals surface area contributed by atoms with E-state index in [0.29, 0.717) is 18.8 Å². The van der Waals surface area contributed by atoms with Crippen molar-refractivity contribution in [2.45, 2.75) is 63.6 Å². The molecule has 0 bridgehead atoms. The molecule has 98 valence electrons. The Balaban J connectivity index is 1.71. The van der Waals surface area contributed by atoms with Crippen LogP contribution in [0.4, 0.5) is 0 Å². The summed E-state index contributed by atoms with van der Waals surface area (Å²) in [5.74, 6) is 0.456. The van der Waals surface area contributed by atoms with Crippen molar-refractivity contribution < 1.29 is 9.53 Å². The lowest BCUT2D eigenvalue weighted by Gasteiger charge is -2.28. The van der Waals surface area contributed by atoms with Crippen LogP contribution in [-0.2, 0) is 9.53 Å². The molecule has 0 aromatic carbocycles. The zero-order chi connectivity index (χ0) is 12.3. The Labute approximate surface area is 103 Å². The summed E-state index contributed by atoms with van der Waals surface area (Å²) in [5, 5.41) is 3.24. The number of carbonyl (C=O) groups excluding carboxylic acids is 1. The zero-order valence-electron chi connectivity index (χ0n) is 10.7. The van der Waals surface area contributed by atoms with E-state index in [0.717, 1.165) is 31.6 Å². The van der Waals surface area contributed by atoms with Crippen LogP contribution in [-0.4, -0.2) is 30.7 Å². The average molecular weight is 240 g/mol. The van der Waals surface area contributed by atoms with E-state index in [1.54, 1.807) is 0 Å². The molecule has 0 aromatic rings. The van der Waals surface area contributed by atoms with Gasteiger partial charge in [-0.2, -0.15) is 0 Å². The van der Waals surface area contributed by atoms with Crippen LogP contribution >= 0.6 is 0 Å². The normalized spacial score (nSPS) is 31.1. The van der Waals surface area contributed by atoms with Crippen LogP contribution in [0.1, 0.15) is 45.4 Å². The Morgan fingerprint density at radius 1 is 1.41 bits per heavy atom. The van der Waals surface area contributed by atoms with Crippen molar-refractivity contribution in [2.75, 3.05) is 6.61 Å². The summed E-state index contributed by atoms with van der Waals surface area (Å²) in [5.41, 5.74) is 5.37. The number of hydrogen-bond donors (Lipinski definition) is 2. The molecule has 0 radical (unpaired) electrons. The molecule has 2 fully saturated rings. The lowest BCUT2D eigenvalue weighted by molar-refractivity contribution is -0.122. The second kappa shape index (κ2) is 5.83. The Kier molecular flexibility index (Phi) is 4.40. The average Bonchev–Trinajstić information content (AvgIpc) is 3.07. The van der Waals surface area contributed by atoms with Crippen LogP contribution in [0.25, 0.3) is 0 Å². The van der Waals surface area contributed by atoms with E-state index < -0.39 is 0 Å². The van der Waals surface area contributed by atoms with E-state index in [1.165, 1.54) is 12.8 Å². The van der Waals surface area contributed by atoms with Crippen molar-refractivity contribution in [2.24, 2.45) is 11.7 Å². The minimum Gasteiger partial charge on any atom is -0.376 e. The third-order valence-corrected chi connectivity index (χ3v) is 3.74. The molecule has 0 spiro atoms. The lowest BCUT2D eigenvalue weighted by atomic mass is 9.89. The quantitative estimate of drug-likeness (QED) is 0.733. The van der Waals surface area contributed by atoms with Crippen LogP contribution in [0.5, 0.6) is 0 Å². The highest BCUT2D eigenvalue weighted by molar-refractivity contribution is 5.80. The van der Waals surface area contributed by atoms with Crippen molar-refractivity contribution in [1.82, 2.24) is 5.32 Å². The zero-order valence-corrected chi connectivity index (χ0v) is 10.7. The highest BCUT2D eigenvalue weighted by Crippen LogP contribution is 2.26. The Morgan fingerprint density at radius 2 is 2.18 bits per heavy atom. The van der Waals surface area contributed by atoms with Crippen LogP contribution < -0.4 is 11.1 Å². The minimum atomic E-state index is -0.306. The molecular formula is C13H24N2O2. The third kappa shape index (κ3) is 4.28. The highest BCUT2D eigenvalue weighted by atomic mass is 16.5. The molecular weight excluding hydrogens is 216 g/mol. The molecule has 2 aliphatic rings. The maximum Gasteiger partial charge on any atom is 0.236 e. The molecule has 2 rings (SSSR count). The fourth-order valence-electron chi connectivity index (χ4n) is 2.51. The number of amides is 1. The number of nitrogens with two attached hydrogens (primary N) is 1. The fourth-order valence-corrected chi connectivity index (χ4v) is 2.51. The molecule has 3 atom stereocenters. The number of ether oxygens (including phenoxy) is 1. The van der Waals surface area contributed by atoms with Crippen LogP contribution in [0, 0.1) is 5.92 Å². The fraction of sp³-hybridized carbons (Fsp3) is 0.923. The maximum atomic E-state index is 11.3. The number of nitrogens with one attached hydrogen (secondary N) is 1. The van der Waals surface area contributed by atoms with E-state index >= 15 is 0 Å².